The second-order valence-electron chi connectivity index (χ2n) is 5.59. The van der Waals surface area contributed by atoms with Gasteiger partial charge in [-0.25, -0.2) is 0 Å². The van der Waals surface area contributed by atoms with Crippen molar-refractivity contribution in [3.05, 3.63) is 11.6 Å². The van der Waals surface area contributed by atoms with Gasteiger partial charge in [0.25, 0.3) is 0 Å². The highest BCUT2D eigenvalue weighted by molar-refractivity contribution is 4.94. The van der Waals surface area contributed by atoms with Gasteiger partial charge in [-0.15, -0.1) is 0 Å². The minimum atomic E-state index is 0.831. The van der Waals surface area contributed by atoms with Crippen LogP contribution in [0.4, 0.5) is 0 Å². The third-order valence-electron chi connectivity index (χ3n) is 3.32. The van der Waals surface area contributed by atoms with Crippen LogP contribution in [0.25, 0.3) is 0 Å². The number of unbranched alkanes of at least 4 members (excludes halogenated alkanes) is 4. The first kappa shape index (κ1) is 16.7. The highest BCUT2D eigenvalue weighted by Gasteiger charge is 1.94. The van der Waals surface area contributed by atoms with Crippen molar-refractivity contribution in [3.63, 3.8) is 0 Å². The molecular weight excluding hydrogens is 206 g/mol. The van der Waals surface area contributed by atoms with Crippen molar-refractivity contribution >= 4 is 0 Å². The van der Waals surface area contributed by atoms with Gasteiger partial charge in [0.1, 0.15) is 0 Å². The zero-order valence-corrected chi connectivity index (χ0v) is 12.5. The summed E-state index contributed by atoms with van der Waals surface area (Å²) in [6.07, 6.45) is 11.8. The molecule has 0 radical (unpaired) electrons. The fraction of sp³-hybridized carbons (Fsp3) is 0.875. The van der Waals surface area contributed by atoms with Crippen LogP contribution in [0.1, 0.15) is 72.6 Å². The lowest BCUT2D eigenvalue weighted by molar-refractivity contribution is 0.518. The van der Waals surface area contributed by atoms with E-state index in [-0.39, 0.29) is 0 Å². The maximum absolute atomic E-state index is 3.53. The van der Waals surface area contributed by atoms with Crippen molar-refractivity contribution in [2.75, 3.05) is 13.1 Å². The van der Waals surface area contributed by atoms with Crippen LogP contribution < -0.4 is 5.32 Å². The molecule has 0 spiro atoms. The van der Waals surface area contributed by atoms with E-state index in [4.69, 9.17) is 0 Å². The molecule has 1 nitrogen and oxygen atoms in total. The Morgan fingerprint density at radius 1 is 1.00 bits per heavy atom. The topological polar surface area (TPSA) is 12.0 Å². The number of hydrogen-bond donors (Lipinski definition) is 1. The summed E-state index contributed by atoms with van der Waals surface area (Å²) in [5, 5.41) is 3.53. The van der Waals surface area contributed by atoms with E-state index in [9.17, 15) is 0 Å². The smallest absolute Gasteiger partial charge is 0.00465 e. The Kier molecular flexibility index (Phi) is 12.0. The zero-order chi connectivity index (χ0) is 12.9. The van der Waals surface area contributed by atoms with Crippen LogP contribution >= 0.6 is 0 Å². The fourth-order valence-corrected chi connectivity index (χ4v) is 1.84. The van der Waals surface area contributed by atoms with Gasteiger partial charge in [-0.2, -0.15) is 0 Å². The van der Waals surface area contributed by atoms with Gasteiger partial charge in [-0.1, -0.05) is 44.8 Å². The molecular formula is C16H33N. The first-order valence-electron chi connectivity index (χ1n) is 7.49. The molecule has 0 atom stereocenters. The van der Waals surface area contributed by atoms with E-state index < -0.39 is 0 Å². The van der Waals surface area contributed by atoms with Gasteiger partial charge in [-0.3, -0.25) is 0 Å². The maximum Gasteiger partial charge on any atom is -0.00465 e. The van der Waals surface area contributed by atoms with Crippen LogP contribution in [0.3, 0.4) is 0 Å². The lowest BCUT2D eigenvalue weighted by atomic mass is 10.1. The van der Waals surface area contributed by atoms with Gasteiger partial charge in [0.2, 0.25) is 0 Å². The molecule has 1 heteroatoms. The molecule has 0 aliphatic carbocycles. The van der Waals surface area contributed by atoms with Crippen molar-refractivity contribution in [3.8, 4) is 0 Å². The Hall–Kier alpha value is -0.300. The summed E-state index contributed by atoms with van der Waals surface area (Å²) in [6, 6.07) is 0. The van der Waals surface area contributed by atoms with Crippen molar-refractivity contribution in [1.29, 1.82) is 0 Å². The van der Waals surface area contributed by atoms with Gasteiger partial charge in [-0.05, 0) is 58.5 Å². The van der Waals surface area contributed by atoms with Crippen LogP contribution in [0, 0.1) is 5.92 Å². The molecule has 0 saturated heterocycles. The van der Waals surface area contributed by atoms with Gasteiger partial charge in [0, 0.05) is 0 Å². The van der Waals surface area contributed by atoms with Crippen molar-refractivity contribution in [2.45, 2.75) is 72.6 Å². The molecule has 17 heavy (non-hydrogen) atoms. The summed E-state index contributed by atoms with van der Waals surface area (Å²) < 4.78 is 0. The van der Waals surface area contributed by atoms with E-state index in [1.54, 1.807) is 5.57 Å². The third kappa shape index (κ3) is 13.6. The lowest BCUT2D eigenvalue weighted by Gasteiger charge is -2.06. The quantitative estimate of drug-likeness (QED) is 0.398. The second kappa shape index (κ2) is 12.2. The molecule has 0 amide bonds. The zero-order valence-electron chi connectivity index (χ0n) is 12.5. The molecule has 0 rings (SSSR count). The Balaban J connectivity index is 3.04. The van der Waals surface area contributed by atoms with E-state index in [0.29, 0.717) is 0 Å². The predicted octanol–water partition coefficient (Wildman–Crippen LogP) is 4.93. The molecule has 0 bridgehead atoms. The average molecular weight is 239 g/mol. The van der Waals surface area contributed by atoms with Crippen molar-refractivity contribution < 1.29 is 0 Å². The Bertz CT molecular complexity index is 182. The Labute approximate surface area is 109 Å². The number of allylic oxidation sites excluding steroid dienone is 2. The van der Waals surface area contributed by atoms with Gasteiger partial charge in [0.15, 0.2) is 0 Å². The van der Waals surface area contributed by atoms with E-state index in [2.05, 4.69) is 39.1 Å². The highest BCUT2D eigenvalue weighted by atomic mass is 14.8. The van der Waals surface area contributed by atoms with E-state index in [1.165, 1.54) is 58.0 Å². The van der Waals surface area contributed by atoms with Crippen LogP contribution in [0.15, 0.2) is 11.6 Å². The summed E-state index contributed by atoms with van der Waals surface area (Å²) in [5.41, 5.74) is 1.54. The summed E-state index contributed by atoms with van der Waals surface area (Å²) in [7, 11) is 0. The summed E-state index contributed by atoms with van der Waals surface area (Å²) in [6.45, 7) is 11.3. The maximum atomic E-state index is 3.53. The van der Waals surface area contributed by atoms with Crippen LogP contribution in [-0.2, 0) is 0 Å². The first-order valence-corrected chi connectivity index (χ1v) is 7.49. The van der Waals surface area contributed by atoms with Crippen LogP contribution in [0.5, 0.6) is 0 Å². The van der Waals surface area contributed by atoms with Crippen LogP contribution in [-0.4, -0.2) is 13.1 Å². The Morgan fingerprint density at radius 3 is 2.29 bits per heavy atom. The van der Waals surface area contributed by atoms with Crippen molar-refractivity contribution in [2.24, 2.45) is 5.92 Å². The van der Waals surface area contributed by atoms with Gasteiger partial charge in [0.05, 0.1) is 0 Å². The number of nitrogens with one attached hydrogen (secondary N) is 1. The summed E-state index contributed by atoms with van der Waals surface area (Å²) in [5.74, 6) is 0.831. The third-order valence-corrected chi connectivity index (χ3v) is 3.32. The van der Waals surface area contributed by atoms with Gasteiger partial charge < -0.3 is 5.32 Å². The van der Waals surface area contributed by atoms with E-state index in [1.807, 2.05) is 0 Å². The molecule has 102 valence electrons. The fourth-order valence-electron chi connectivity index (χ4n) is 1.84. The molecule has 1 N–H and O–H groups in total. The molecule has 0 heterocycles. The van der Waals surface area contributed by atoms with E-state index in [0.717, 1.165) is 5.92 Å². The average Bonchev–Trinajstić information content (AvgIpc) is 2.30. The van der Waals surface area contributed by atoms with Gasteiger partial charge >= 0.3 is 0 Å². The van der Waals surface area contributed by atoms with Crippen molar-refractivity contribution in [1.82, 2.24) is 5.32 Å². The molecule has 0 aromatic heterocycles. The molecule has 0 saturated carbocycles. The molecule has 0 aromatic rings. The second-order valence-corrected chi connectivity index (χ2v) is 5.59. The van der Waals surface area contributed by atoms with E-state index >= 15 is 0 Å². The molecule has 0 aromatic carbocycles. The number of hydrogen-bond acceptors (Lipinski definition) is 1. The SMILES string of the molecule is C/C=C(/C)CCCCCCCNCCC(C)C. The monoisotopic (exact) mass is 239 g/mol. The predicted molar refractivity (Wildman–Crippen MR) is 79.5 cm³/mol. The largest absolute Gasteiger partial charge is 0.317 e. The summed E-state index contributed by atoms with van der Waals surface area (Å²) in [4.78, 5) is 0. The molecule has 0 aliphatic rings. The molecule has 0 unspecified atom stereocenters. The number of rotatable bonds is 11. The first-order chi connectivity index (χ1) is 8.16. The normalized spacial score (nSPS) is 12.4. The molecule has 0 fully saturated rings. The lowest BCUT2D eigenvalue weighted by Crippen LogP contribution is -2.17. The highest BCUT2D eigenvalue weighted by Crippen LogP contribution is 2.10. The van der Waals surface area contributed by atoms with Crippen LogP contribution in [0.2, 0.25) is 0 Å². The molecule has 0 aliphatic heterocycles. The Morgan fingerprint density at radius 2 is 1.65 bits per heavy atom. The standard InChI is InChI=1S/C16H33N/c1-5-16(4)11-9-7-6-8-10-13-17-14-12-15(2)3/h5,15,17H,6-14H2,1-4H3/b16-5-. The minimum absolute atomic E-state index is 0.831. The summed E-state index contributed by atoms with van der Waals surface area (Å²) >= 11 is 0. The minimum Gasteiger partial charge on any atom is -0.317 e.